The van der Waals surface area contributed by atoms with Crippen molar-refractivity contribution in [3.8, 4) is 11.5 Å². The minimum atomic E-state index is -2.26. The van der Waals surface area contributed by atoms with Crippen LogP contribution in [0, 0.1) is 12.8 Å². The summed E-state index contributed by atoms with van der Waals surface area (Å²) in [6.45, 7) is 16.5. The molecule has 7 heteroatoms. The van der Waals surface area contributed by atoms with Gasteiger partial charge in [-0.1, -0.05) is 39.3 Å². The number of esters is 1. The number of methoxy groups -OCH3 is 1. The number of hydrogen-bond acceptors (Lipinski definition) is 5. The first-order valence-corrected chi connectivity index (χ1v) is 13.6. The van der Waals surface area contributed by atoms with Crippen molar-refractivity contribution in [2.24, 2.45) is 5.92 Å². The molecule has 0 saturated carbocycles. The van der Waals surface area contributed by atoms with Crippen LogP contribution >= 0.6 is 0 Å². The van der Waals surface area contributed by atoms with Gasteiger partial charge in [-0.3, -0.25) is 4.79 Å². The molecule has 31 heavy (non-hydrogen) atoms. The van der Waals surface area contributed by atoms with E-state index in [9.17, 15) is 14.7 Å². The van der Waals surface area contributed by atoms with Gasteiger partial charge in [0.2, 0.25) is 0 Å². The molecular weight excluding hydrogens is 412 g/mol. The number of allylic oxidation sites excluding steroid dienone is 2. The van der Waals surface area contributed by atoms with Crippen molar-refractivity contribution in [2.75, 3.05) is 7.11 Å². The van der Waals surface area contributed by atoms with Crippen molar-refractivity contribution in [1.29, 1.82) is 0 Å². The fourth-order valence-electron chi connectivity index (χ4n) is 3.46. The van der Waals surface area contributed by atoms with E-state index in [0.717, 1.165) is 22.3 Å². The quantitative estimate of drug-likeness (QED) is 0.314. The topological polar surface area (TPSA) is 82.1 Å². The van der Waals surface area contributed by atoms with Crippen LogP contribution in [0.2, 0.25) is 18.1 Å². The Morgan fingerprint density at radius 2 is 1.90 bits per heavy atom. The lowest BCUT2D eigenvalue weighted by Gasteiger charge is -2.37. The molecule has 1 aromatic rings. The largest absolute Gasteiger partial charge is 0.543 e. The molecule has 0 spiro atoms. The third kappa shape index (κ3) is 5.14. The minimum Gasteiger partial charge on any atom is -0.543 e. The highest BCUT2D eigenvalue weighted by Crippen LogP contribution is 2.46. The van der Waals surface area contributed by atoms with Crippen LogP contribution in [0.5, 0.6) is 11.5 Å². The average Bonchev–Trinajstić information content (AvgIpc) is 3.03. The molecule has 0 bridgehead atoms. The zero-order valence-electron chi connectivity index (χ0n) is 20.3. The Morgan fingerprint density at radius 1 is 1.29 bits per heavy atom. The normalized spacial score (nSPS) is 15.4. The van der Waals surface area contributed by atoms with E-state index < -0.39 is 20.2 Å². The fourth-order valence-corrected chi connectivity index (χ4v) is 4.50. The predicted molar refractivity (Wildman–Crippen MR) is 124 cm³/mol. The van der Waals surface area contributed by atoms with Crippen LogP contribution in [0.15, 0.2) is 11.6 Å². The number of carbonyl (C=O) groups excluding carboxylic acids is 1. The van der Waals surface area contributed by atoms with E-state index >= 15 is 0 Å². The van der Waals surface area contributed by atoms with E-state index in [2.05, 4.69) is 33.9 Å². The van der Waals surface area contributed by atoms with Crippen molar-refractivity contribution in [3.63, 3.8) is 0 Å². The molecule has 1 aliphatic rings. The number of cyclic esters (lactones) is 1. The number of ether oxygens (including phenoxy) is 2. The summed E-state index contributed by atoms with van der Waals surface area (Å²) in [7, 11) is -0.642. The molecule has 1 unspecified atom stereocenters. The molecule has 1 aliphatic heterocycles. The number of carboxylic acids is 1. The van der Waals surface area contributed by atoms with Crippen LogP contribution < -0.4 is 9.16 Å². The summed E-state index contributed by atoms with van der Waals surface area (Å²) in [6, 6.07) is 0. The van der Waals surface area contributed by atoms with Gasteiger partial charge in [-0.2, -0.15) is 0 Å². The summed E-state index contributed by atoms with van der Waals surface area (Å²) in [5.41, 5.74) is 3.98. The molecule has 0 saturated heterocycles. The zero-order valence-corrected chi connectivity index (χ0v) is 21.3. The Balaban J connectivity index is 2.63. The van der Waals surface area contributed by atoms with E-state index in [1.165, 1.54) is 0 Å². The average molecular weight is 449 g/mol. The van der Waals surface area contributed by atoms with Crippen LogP contribution in [-0.2, 0) is 22.6 Å². The molecule has 1 N–H and O–H groups in total. The van der Waals surface area contributed by atoms with Crippen molar-refractivity contribution < 1.29 is 28.6 Å². The van der Waals surface area contributed by atoms with Gasteiger partial charge >= 0.3 is 11.9 Å². The standard InChI is InChI=1S/C24H36O6Si/c1-14(12-15(2)22(25)26)10-11-17-20(28-7)16(3)18-13-29-23(27)19(18)21(17)30-31(8,9)24(4,5)6/h10,15H,11-13H2,1-9H3,(H,25,26). The maximum absolute atomic E-state index is 12.7. The molecule has 0 aromatic heterocycles. The Morgan fingerprint density at radius 3 is 2.42 bits per heavy atom. The zero-order chi connectivity index (χ0) is 23.7. The number of rotatable bonds is 8. The first kappa shape index (κ1) is 25.0. The van der Waals surface area contributed by atoms with Gasteiger partial charge in [-0.05, 0) is 50.4 Å². The Hall–Kier alpha value is -2.28. The Kier molecular flexibility index (Phi) is 7.31. The van der Waals surface area contributed by atoms with Crippen LogP contribution in [0.4, 0.5) is 0 Å². The first-order valence-electron chi connectivity index (χ1n) is 10.7. The molecule has 1 aromatic carbocycles. The van der Waals surface area contributed by atoms with Gasteiger partial charge in [0, 0.05) is 11.1 Å². The third-order valence-electron chi connectivity index (χ3n) is 6.49. The lowest BCUT2D eigenvalue weighted by atomic mass is 9.94. The van der Waals surface area contributed by atoms with Gasteiger partial charge in [-0.25, -0.2) is 4.79 Å². The van der Waals surface area contributed by atoms with Gasteiger partial charge < -0.3 is 19.0 Å². The molecule has 0 radical (unpaired) electrons. The van der Waals surface area contributed by atoms with E-state index in [-0.39, 0.29) is 17.6 Å². The summed E-state index contributed by atoms with van der Waals surface area (Å²) < 4.78 is 17.8. The van der Waals surface area contributed by atoms with Gasteiger partial charge in [0.05, 0.1) is 13.0 Å². The monoisotopic (exact) mass is 448 g/mol. The molecule has 2 rings (SSSR count). The van der Waals surface area contributed by atoms with Crippen LogP contribution in [0.3, 0.4) is 0 Å². The van der Waals surface area contributed by atoms with Crippen molar-refractivity contribution in [1.82, 2.24) is 0 Å². The van der Waals surface area contributed by atoms with Gasteiger partial charge in [0.15, 0.2) is 0 Å². The molecule has 6 nitrogen and oxygen atoms in total. The van der Waals surface area contributed by atoms with Crippen LogP contribution in [0.1, 0.15) is 68.1 Å². The van der Waals surface area contributed by atoms with E-state index in [4.69, 9.17) is 13.9 Å². The lowest BCUT2D eigenvalue weighted by molar-refractivity contribution is -0.141. The summed E-state index contributed by atoms with van der Waals surface area (Å²) >= 11 is 0. The number of benzene rings is 1. The minimum absolute atomic E-state index is 0.0551. The maximum Gasteiger partial charge on any atom is 0.342 e. The second-order valence-corrected chi connectivity index (χ2v) is 14.7. The first-order chi connectivity index (χ1) is 14.2. The Labute approximate surface area is 186 Å². The molecule has 1 atom stereocenters. The molecule has 0 amide bonds. The molecular formula is C24H36O6Si. The van der Waals surface area contributed by atoms with Gasteiger partial charge in [0.1, 0.15) is 23.7 Å². The number of aliphatic carboxylic acids is 1. The van der Waals surface area contributed by atoms with Crippen LogP contribution in [0.25, 0.3) is 0 Å². The molecule has 0 fully saturated rings. The van der Waals surface area contributed by atoms with Gasteiger partial charge in [0.25, 0.3) is 8.32 Å². The summed E-state index contributed by atoms with van der Waals surface area (Å²) in [5, 5.41) is 9.15. The fraction of sp³-hybridized carbons (Fsp3) is 0.583. The smallest absolute Gasteiger partial charge is 0.342 e. The maximum atomic E-state index is 12.7. The highest BCUT2D eigenvalue weighted by Gasteiger charge is 2.42. The summed E-state index contributed by atoms with van der Waals surface area (Å²) in [6.07, 6.45) is 2.94. The summed E-state index contributed by atoms with van der Waals surface area (Å²) in [4.78, 5) is 23.9. The van der Waals surface area contributed by atoms with E-state index in [1.54, 1.807) is 14.0 Å². The molecule has 1 heterocycles. The SMILES string of the molecule is COc1c(C)c2c(c(O[Si](C)(C)C(C)(C)C)c1CC=C(C)CC(C)C(=O)O)C(=O)OC2. The van der Waals surface area contributed by atoms with E-state index in [1.807, 2.05) is 19.9 Å². The number of carbonyl (C=O) groups is 2. The van der Waals surface area contributed by atoms with Crippen molar-refractivity contribution in [3.05, 3.63) is 33.9 Å². The lowest BCUT2D eigenvalue weighted by Crippen LogP contribution is -2.44. The van der Waals surface area contributed by atoms with Crippen molar-refractivity contribution in [2.45, 2.75) is 79.1 Å². The van der Waals surface area contributed by atoms with Crippen molar-refractivity contribution >= 4 is 20.3 Å². The second kappa shape index (κ2) is 9.07. The highest BCUT2D eigenvalue weighted by molar-refractivity contribution is 6.74. The third-order valence-corrected chi connectivity index (χ3v) is 10.8. The number of fused-ring (bicyclic) bond motifs is 1. The van der Waals surface area contributed by atoms with Crippen LogP contribution in [-0.4, -0.2) is 32.5 Å². The second-order valence-electron chi connectivity index (χ2n) is 9.96. The summed E-state index contributed by atoms with van der Waals surface area (Å²) in [5.74, 6) is -0.389. The molecule has 0 aliphatic carbocycles. The predicted octanol–water partition coefficient (Wildman–Crippen LogP) is 5.66. The highest BCUT2D eigenvalue weighted by atomic mass is 28.4. The number of hydrogen-bond donors (Lipinski definition) is 1. The number of carboxylic acid groups (broad SMARTS) is 1. The Bertz CT molecular complexity index is 908. The molecule has 172 valence electrons. The van der Waals surface area contributed by atoms with E-state index in [0.29, 0.717) is 29.9 Å². The van der Waals surface area contributed by atoms with Gasteiger partial charge in [-0.15, -0.1) is 0 Å².